The van der Waals surface area contributed by atoms with Gasteiger partial charge in [0.25, 0.3) is 5.91 Å². The predicted octanol–water partition coefficient (Wildman–Crippen LogP) is 2.11. The van der Waals surface area contributed by atoms with Crippen LogP contribution in [0.5, 0.6) is 5.75 Å². The minimum atomic E-state index is -0.0112. The van der Waals surface area contributed by atoms with Gasteiger partial charge in [-0.3, -0.25) is 4.79 Å². The number of halogens is 1. The molecule has 1 aliphatic heterocycles. The third-order valence-electron chi connectivity index (χ3n) is 2.29. The second kappa shape index (κ2) is 3.28. The van der Waals surface area contributed by atoms with E-state index in [0.29, 0.717) is 0 Å². The molecule has 0 aromatic heterocycles. The van der Waals surface area contributed by atoms with Crippen molar-refractivity contribution >= 4 is 27.5 Å². The van der Waals surface area contributed by atoms with E-state index in [1.54, 1.807) is 11.9 Å². The summed E-state index contributed by atoms with van der Waals surface area (Å²) in [4.78, 5) is 13.0. The highest BCUT2D eigenvalue weighted by atomic mass is 79.9. The molecule has 0 radical (unpaired) electrons. The summed E-state index contributed by atoms with van der Waals surface area (Å²) < 4.78 is 6.32. The monoisotopic (exact) mass is 255 g/mol. The molecule has 1 aromatic rings. The molecule has 0 spiro atoms. The van der Waals surface area contributed by atoms with Crippen molar-refractivity contribution in [2.45, 2.75) is 6.92 Å². The summed E-state index contributed by atoms with van der Waals surface area (Å²) in [5.41, 5.74) is 1.90. The third-order valence-corrected chi connectivity index (χ3v) is 2.75. The number of ether oxygens (including phenoxy) is 1. The van der Waals surface area contributed by atoms with Gasteiger partial charge >= 0.3 is 0 Å². The number of amides is 1. The minimum absolute atomic E-state index is 0.0112. The fourth-order valence-corrected chi connectivity index (χ4v) is 2.16. The lowest BCUT2D eigenvalue weighted by atomic mass is 10.1. The Labute approximate surface area is 90.8 Å². The second-order valence-corrected chi connectivity index (χ2v) is 4.23. The quantitative estimate of drug-likeness (QED) is 0.711. The molecule has 14 heavy (non-hydrogen) atoms. The number of aryl methyl sites for hydroxylation is 1. The maximum absolute atomic E-state index is 11.4. The third kappa shape index (κ3) is 1.39. The predicted molar refractivity (Wildman–Crippen MR) is 57.8 cm³/mol. The number of nitrogens with zero attached hydrogens (tertiary/aromatic N) is 1. The lowest BCUT2D eigenvalue weighted by molar-refractivity contribution is -0.121. The summed E-state index contributed by atoms with van der Waals surface area (Å²) in [6, 6.07) is 3.85. The average Bonchev–Trinajstić information content (AvgIpc) is 2.10. The number of fused-ring (bicyclic) bond motifs is 1. The van der Waals surface area contributed by atoms with Gasteiger partial charge in [0.15, 0.2) is 6.61 Å². The Morgan fingerprint density at radius 1 is 1.50 bits per heavy atom. The molecule has 2 rings (SSSR count). The number of benzene rings is 1. The van der Waals surface area contributed by atoms with Crippen LogP contribution in [0.2, 0.25) is 0 Å². The van der Waals surface area contributed by atoms with E-state index in [9.17, 15) is 4.79 Å². The first-order chi connectivity index (χ1) is 6.59. The molecule has 0 unspecified atom stereocenters. The van der Waals surface area contributed by atoms with Gasteiger partial charge in [0, 0.05) is 11.5 Å². The van der Waals surface area contributed by atoms with Crippen LogP contribution in [0.4, 0.5) is 5.69 Å². The summed E-state index contributed by atoms with van der Waals surface area (Å²) in [7, 11) is 1.77. The summed E-state index contributed by atoms with van der Waals surface area (Å²) >= 11 is 3.39. The topological polar surface area (TPSA) is 29.5 Å². The molecule has 0 N–H and O–H groups in total. The molecule has 0 bridgehead atoms. The van der Waals surface area contributed by atoms with E-state index in [4.69, 9.17) is 4.74 Å². The standard InChI is InChI=1S/C10H10BrNO2/c1-6-3-7(11)4-8-10(6)12(2)9(13)5-14-8/h3-4H,5H2,1-2H3. The first-order valence-corrected chi connectivity index (χ1v) is 5.08. The molecule has 3 nitrogen and oxygen atoms in total. The first-order valence-electron chi connectivity index (χ1n) is 4.29. The molecule has 0 saturated heterocycles. The normalized spacial score (nSPS) is 15.1. The van der Waals surface area contributed by atoms with Crippen molar-refractivity contribution in [3.05, 3.63) is 22.2 Å². The Kier molecular flexibility index (Phi) is 2.23. The molecular formula is C10H10BrNO2. The highest BCUT2D eigenvalue weighted by Crippen LogP contribution is 2.36. The van der Waals surface area contributed by atoms with Gasteiger partial charge in [-0.25, -0.2) is 0 Å². The Bertz CT molecular complexity index is 403. The van der Waals surface area contributed by atoms with Crippen LogP contribution in [0.1, 0.15) is 5.56 Å². The van der Waals surface area contributed by atoms with Crippen LogP contribution >= 0.6 is 15.9 Å². The second-order valence-electron chi connectivity index (χ2n) is 3.31. The van der Waals surface area contributed by atoms with Gasteiger partial charge in [0.05, 0.1) is 5.69 Å². The Hall–Kier alpha value is -1.03. The van der Waals surface area contributed by atoms with Gasteiger partial charge in [-0.1, -0.05) is 15.9 Å². The van der Waals surface area contributed by atoms with Crippen LogP contribution < -0.4 is 9.64 Å². The zero-order valence-corrected chi connectivity index (χ0v) is 9.59. The number of hydrogen-bond acceptors (Lipinski definition) is 2. The molecule has 0 fully saturated rings. The highest BCUT2D eigenvalue weighted by molar-refractivity contribution is 9.10. The summed E-state index contributed by atoms with van der Waals surface area (Å²) in [5.74, 6) is 0.752. The Balaban J connectivity index is 2.60. The molecule has 4 heteroatoms. The van der Waals surface area contributed by atoms with Crippen molar-refractivity contribution in [1.82, 2.24) is 0 Å². The molecule has 0 aliphatic carbocycles. The molecule has 1 amide bonds. The molecule has 1 aliphatic rings. The number of rotatable bonds is 0. The van der Waals surface area contributed by atoms with E-state index in [2.05, 4.69) is 15.9 Å². The zero-order chi connectivity index (χ0) is 10.3. The molecule has 1 heterocycles. The molecule has 0 saturated carbocycles. The largest absolute Gasteiger partial charge is 0.482 e. The lowest BCUT2D eigenvalue weighted by Gasteiger charge is -2.27. The summed E-state index contributed by atoms with van der Waals surface area (Å²) in [5, 5.41) is 0. The van der Waals surface area contributed by atoms with Gasteiger partial charge in [0.1, 0.15) is 5.75 Å². The average molecular weight is 256 g/mol. The SMILES string of the molecule is Cc1cc(Br)cc2c1N(C)C(=O)CO2. The number of carbonyl (C=O) groups excluding carboxylic acids is 1. The van der Waals surface area contributed by atoms with Crippen molar-refractivity contribution < 1.29 is 9.53 Å². The number of hydrogen-bond donors (Lipinski definition) is 0. The van der Waals surface area contributed by atoms with Crippen LogP contribution in [-0.2, 0) is 4.79 Å². The Morgan fingerprint density at radius 2 is 2.21 bits per heavy atom. The van der Waals surface area contributed by atoms with Crippen LogP contribution in [0, 0.1) is 6.92 Å². The van der Waals surface area contributed by atoms with Crippen molar-refractivity contribution in [2.24, 2.45) is 0 Å². The van der Waals surface area contributed by atoms with Gasteiger partial charge < -0.3 is 9.64 Å². The zero-order valence-electron chi connectivity index (χ0n) is 8.00. The molecule has 74 valence electrons. The minimum Gasteiger partial charge on any atom is -0.482 e. The number of carbonyl (C=O) groups is 1. The van der Waals surface area contributed by atoms with Gasteiger partial charge in [0.2, 0.25) is 0 Å². The summed E-state index contributed by atoms with van der Waals surface area (Å²) in [6.07, 6.45) is 0. The van der Waals surface area contributed by atoms with Crippen LogP contribution in [-0.4, -0.2) is 19.6 Å². The molecular weight excluding hydrogens is 246 g/mol. The van der Waals surface area contributed by atoms with Crippen molar-refractivity contribution in [3.8, 4) is 5.75 Å². The fourth-order valence-electron chi connectivity index (χ4n) is 1.61. The highest BCUT2D eigenvalue weighted by Gasteiger charge is 2.23. The van der Waals surface area contributed by atoms with E-state index in [0.717, 1.165) is 21.5 Å². The smallest absolute Gasteiger partial charge is 0.264 e. The van der Waals surface area contributed by atoms with Crippen LogP contribution in [0.15, 0.2) is 16.6 Å². The van der Waals surface area contributed by atoms with Gasteiger partial charge in [-0.2, -0.15) is 0 Å². The van der Waals surface area contributed by atoms with E-state index in [-0.39, 0.29) is 12.5 Å². The molecule has 0 atom stereocenters. The maximum Gasteiger partial charge on any atom is 0.264 e. The summed E-state index contributed by atoms with van der Waals surface area (Å²) in [6.45, 7) is 2.08. The van der Waals surface area contributed by atoms with E-state index < -0.39 is 0 Å². The fraction of sp³-hybridized carbons (Fsp3) is 0.300. The van der Waals surface area contributed by atoms with Crippen LogP contribution in [0.3, 0.4) is 0 Å². The first kappa shape index (κ1) is 9.52. The van der Waals surface area contributed by atoms with E-state index in [1.807, 2.05) is 19.1 Å². The van der Waals surface area contributed by atoms with Gasteiger partial charge in [-0.15, -0.1) is 0 Å². The number of anilines is 1. The van der Waals surface area contributed by atoms with Crippen molar-refractivity contribution in [1.29, 1.82) is 0 Å². The van der Waals surface area contributed by atoms with E-state index in [1.165, 1.54) is 0 Å². The Morgan fingerprint density at radius 3 is 2.93 bits per heavy atom. The molecule has 1 aromatic carbocycles. The number of likely N-dealkylation sites (N-methyl/N-ethyl adjacent to an activating group) is 1. The lowest BCUT2D eigenvalue weighted by Crippen LogP contribution is -2.35. The van der Waals surface area contributed by atoms with E-state index >= 15 is 0 Å². The van der Waals surface area contributed by atoms with Crippen molar-refractivity contribution in [2.75, 3.05) is 18.6 Å². The van der Waals surface area contributed by atoms with Crippen LogP contribution in [0.25, 0.3) is 0 Å². The maximum atomic E-state index is 11.4. The van der Waals surface area contributed by atoms with Gasteiger partial charge in [-0.05, 0) is 24.6 Å². The van der Waals surface area contributed by atoms with Crippen molar-refractivity contribution in [3.63, 3.8) is 0 Å².